The van der Waals surface area contributed by atoms with Crippen molar-refractivity contribution in [3.8, 4) is 5.75 Å². The third-order valence-electron chi connectivity index (χ3n) is 3.57. The van der Waals surface area contributed by atoms with Crippen LogP contribution in [0.5, 0.6) is 5.75 Å². The molecule has 142 valence electrons. The van der Waals surface area contributed by atoms with Gasteiger partial charge in [-0.25, -0.2) is 14.8 Å². The quantitative estimate of drug-likeness (QED) is 0.372. The molecule has 0 aliphatic heterocycles. The lowest BCUT2D eigenvalue weighted by Crippen LogP contribution is -2.17. The Morgan fingerprint density at radius 2 is 1.93 bits per heavy atom. The number of hydrogen-bond donors (Lipinski definition) is 1. The van der Waals surface area contributed by atoms with Gasteiger partial charge >= 0.3 is 5.97 Å². The topological polar surface area (TPSA) is 81.2 Å². The van der Waals surface area contributed by atoms with Crippen LogP contribution in [0.4, 0.5) is 5.82 Å². The molecule has 0 saturated heterocycles. The molecule has 0 atom stereocenters. The predicted octanol–water partition coefficient (Wildman–Crippen LogP) is 5.06. The van der Waals surface area contributed by atoms with E-state index in [4.69, 9.17) is 16.3 Å². The Kier molecular flexibility index (Phi) is 6.77. The normalized spacial score (nSPS) is 10.4. The molecule has 3 aromatic rings. The van der Waals surface area contributed by atoms with E-state index in [1.54, 1.807) is 42.5 Å². The van der Waals surface area contributed by atoms with Gasteiger partial charge in [-0.1, -0.05) is 39.7 Å². The van der Waals surface area contributed by atoms with E-state index in [9.17, 15) is 9.59 Å². The fourth-order valence-corrected chi connectivity index (χ4v) is 3.97. The van der Waals surface area contributed by atoms with Gasteiger partial charge in [-0.05, 0) is 46.3 Å². The van der Waals surface area contributed by atoms with Gasteiger partial charge in [0, 0.05) is 16.2 Å². The second-order valence-corrected chi connectivity index (χ2v) is 7.74. The Hall–Kier alpha value is -2.29. The molecule has 1 aromatic heterocycles. The molecule has 6 nitrogen and oxygen atoms in total. The first-order valence-corrected chi connectivity index (χ1v) is 9.91. The van der Waals surface area contributed by atoms with Crippen LogP contribution in [0, 0.1) is 0 Å². The van der Waals surface area contributed by atoms with Crippen molar-refractivity contribution >= 4 is 61.2 Å². The average molecular weight is 526 g/mol. The monoisotopic (exact) mass is 523 g/mol. The van der Waals surface area contributed by atoms with E-state index >= 15 is 0 Å². The number of anilines is 1. The summed E-state index contributed by atoms with van der Waals surface area (Å²) in [4.78, 5) is 32.7. The van der Waals surface area contributed by atoms with Crippen LogP contribution in [0.2, 0.25) is 5.02 Å². The van der Waals surface area contributed by atoms with Gasteiger partial charge in [0.1, 0.15) is 17.9 Å². The molecule has 2 aromatic carbocycles. The van der Waals surface area contributed by atoms with Gasteiger partial charge < -0.3 is 10.1 Å². The number of esters is 1. The Morgan fingerprint density at radius 1 is 1.14 bits per heavy atom. The smallest absolute Gasteiger partial charge is 0.345 e. The summed E-state index contributed by atoms with van der Waals surface area (Å²) in [6.07, 6.45) is 2.82. The van der Waals surface area contributed by atoms with Gasteiger partial charge in [0.15, 0.2) is 0 Å². The summed E-state index contributed by atoms with van der Waals surface area (Å²) in [7, 11) is 0. The Balaban J connectivity index is 1.84. The first-order valence-electron chi connectivity index (χ1n) is 7.94. The number of halogens is 3. The number of amides is 1. The van der Waals surface area contributed by atoms with E-state index in [0.29, 0.717) is 15.9 Å². The summed E-state index contributed by atoms with van der Waals surface area (Å²) in [6.45, 7) is 0. The molecule has 9 heteroatoms. The summed E-state index contributed by atoms with van der Waals surface area (Å²) in [6, 6.07) is 11.6. The highest BCUT2D eigenvalue weighted by molar-refractivity contribution is 9.11. The number of carbonyl (C=O) groups excluding carboxylic acids is 2. The lowest BCUT2D eigenvalue weighted by molar-refractivity contribution is -0.115. The van der Waals surface area contributed by atoms with Crippen molar-refractivity contribution in [1.29, 1.82) is 0 Å². The molecule has 1 amide bonds. The van der Waals surface area contributed by atoms with Crippen molar-refractivity contribution in [2.45, 2.75) is 6.42 Å². The molecule has 3 rings (SSSR count). The molecule has 28 heavy (non-hydrogen) atoms. The minimum Gasteiger partial charge on any atom is -0.421 e. The largest absolute Gasteiger partial charge is 0.421 e. The van der Waals surface area contributed by atoms with Crippen molar-refractivity contribution in [2.75, 3.05) is 5.32 Å². The molecule has 0 radical (unpaired) electrons. The van der Waals surface area contributed by atoms with Gasteiger partial charge in [-0.15, -0.1) is 0 Å². The number of rotatable bonds is 5. The number of nitrogens with one attached hydrogen (secondary N) is 1. The average Bonchev–Trinajstić information content (AvgIpc) is 2.65. The van der Waals surface area contributed by atoms with E-state index in [-0.39, 0.29) is 28.7 Å². The van der Waals surface area contributed by atoms with Crippen LogP contribution in [0.25, 0.3) is 0 Å². The number of hydrogen-bond acceptors (Lipinski definition) is 5. The van der Waals surface area contributed by atoms with Crippen LogP contribution in [-0.4, -0.2) is 21.8 Å². The van der Waals surface area contributed by atoms with E-state index < -0.39 is 5.97 Å². The molecule has 1 N–H and O–H groups in total. The van der Waals surface area contributed by atoms with Crippen LogP contribution in [-0.2, 0) is 11.2 Å². The van der Waals surface area contributed by atoms with Gasteiger partial charge in [0.2, 0.25) is 5.91 Å². The standard InChI is InChI=1S/C19H12Br2ClN3O3/c20-12-7-11(8-17(26)25-16-5-6-23-10-24-16)18(14(21)9-12)28-19(27)13-3-1-2-4-15(13)22/h1-7,9-10H,8H2,(H,23,24,25,26). The second kappa shape index (κ2) is 9.27. The molecule has 0 unspecified atom stereocenters. The molecule has 0 spiro atoms. The third kappa shape index (κ3) is 5.15. The zero-order valence-electron chi connectivity index (χ0n) is 14.2. The van der Waals surface area contributed by atoms with E-state index in [2.05, 4.69) is 47.1 Å². The zero-order chi connectivity index (χ0) is 20.1. The molecular formula is C19H12Br2ClN3O3. The first-order chi connectivity index (χ1) is 13.4. The predicted molar refractivity (Wildman–Crippen MR) is 113 cm³/mol. The van der Waals surface area contributed by atoms with Crippen LogP contribution >= 0.6 is 43.5 Å². The highest BCUT2D eigenvalue weighted by Crippen LogP contribution is 2.34. The van der Waals surface area contributed by atoms with E-state index in [1.807, 2.05) is 0 Å². The van der Waals surface area contributed by atoms with E-state index in [1.165, 1.54) is 12.5 Å². The summed E-state index contributed by atoms with van der Waals surface area (Å²) in [5, 5.41) is 2.95. The molecule has 0 fully saturated rings. The molecule has 0 saturated carbocycles. The number of nitrogens with zero attached hydrogens (tertiary/aromatic N) is 2. The van der Waals surface area contributed by atoms with Crippen LogP contribution in [0.3, 0.4) is 0 Å². The zero-order valence-corrected chi connectivity index (χ0v) is 18.1. The molecular weight excluding hydrogens is 513 g/mol. The van der Waals surface area contributed by atoms with Crippen LogP contribution in [0.15, 0.2) is 63.9 Å². The highest BCUT2D eigenvalue weighted by Gasteiger charge is 2.19. The van der Waals surface area contributed by atoms with Crippen molar-refractivity contribution in [3.63, 3.8) is 0 Å². The van der Waals surface area contributed by atoms with Gasteiger partial charge in [-0.3, -0.25) is 4.79 Å². The molecule has 0 bridgehead atoms. The SMILES string of the molecule is O=C(Cc1cc(Br)cc(Br)c1OC(=O)c1ccccc1Cl)Nc1ccncn1. The fraction of sp³-hybridized carbons (Fsp3) is 0.0526. The lowest BCUT2D eigenvalue weighted by Gasteiger charge is -2.13. The number of ether oxygens (including phenoxy) is 1. The Labute approximate surface area is 182 Å². The molecule has 0 aliphatic carbocycles. The lowest BCUT2D eigenvalue weighted by atomic mass is 10.1. The second-order valence-electron chi connectivity index (χ2n) is 5.56. The number of carbonyl (C=O) groups is 2. The van der Waals surface area contributed by atoms with Crippen molar-refractivity contribution in [3.05, 3.63) is 80.1 Å². The van der Waals surface area contributed by atoms with Crippen LogP contribution in [0.1, 0.15) is 15.9 Å². The van der Waals surface area contributed by atoms with Gasteiger partial charge in [0.05, 0.1) is 21.5 Å². The minimum atomic E-state index is -0.619. The third-order valence-corrected chi connectivity index (χ3v) is 4.95. The summed E-state index contributed by atoms with van der Waals surface area (Å²) in [5.41, 5.74) is 0.739. The molecule has 0 aliphatic rings. The van der Waals surface area contributed by atoms with Crippen molar-refractivity contribution in [2.24, 2.45) is 0 Å². The number of aromatic nitrogens is 2. The summed E-state index contributed by atoms with van der Waals surface area (Å²) < 4.78 is 6.80. The maximum atomic E-state index is 12.5. The van der Waals surface area contributed by atoms with Crippen molar-refractivity contribution in [1.82, 2.24) is 9.97 Å². The minimum absolute atomic E-state index is 0.0345. The maximum absolute atomic E-state index is 12.5. The fourth-order valence-electron chi connectivity index (χ4n) is 2.36. The highest BCUT2D eigenvalue weighted by atomic mass is 79.9. The molecule has 1 heterocycles. The Bertz CT molecular complexity index is 1030. The van der Waals surface area contributed by atoms with Gasteiger partial charge in [-0.2, -0.15) is 0 Å². The Morgan fingerprint density at radius 3 is 2.64 bits per heavy atom. The van der Waals surface area contributed by atoms with Crippen LogP contribution < -0.4 is 10.1 Å². The van der Waals surface area contributed by atoms with Gasteiger partial charge in [0.25, 0.3) is 0 Å². The first kappa shape index (κ1) is 20.4. The summed E-state index contributed by atoms with van der Waals surface area (Å²) >= 11 is 12.8. The summed E-state index contributed by atoms with van der Waals surface area (Å²) in [5.74, 6) is -0.320. The number of benzene rings is 2. The van der Waals surface area contributed by atoms with Crippen molar-refractivity contribution < 1.29 is 14.3 Å². The maximum Gasteiger partial charge on any atom is 0.345 e. The van der Waals surface area contributed by atoms with E-state index in [0.717, 1.165) is 4.47 Å².